The van der Waals surface area contributed by atoms with E-state index in [0.29, 0.717) is 13.1 Å². The fourth-order valence-electron chi connectivity index (χ4n) is 3.26. The fraction of sp³-hybridized carbons (Fsp3) is 0.867. The molecule has 0 saturated carbocycles. The summed E-state index contributed by atoms with van der Waals surface area (Å²) in [6.45, 7) is 6.03. The topological polar surface area (TPSA) is 60.9 Å². The molecule has 0 bridgehead atoms. The van der Waals surface area contributed by atoms with E-state index in [2.05, 4.69) is 0 Å². The van der Waals surface area contributed by atoms with Crippen molar-refractivity contribution in [1.82, 2.24) is 9.80 Å². The van der Waals surface area contributed by atoms with Crippen molar-refractivity contribution in [2.24, 2.45) is 11.8 Å². The number of nitrogens with zero attached hydrogens (tertiary/aromatic N) is 2. The zero-order valence-electron chi connectivity index (χ0n) is 12.5. The number of carbonyl (C=O) groups is 2. The van der Waals surface area contributed by atoms with Crippen molar-refractivity contribution in [3.8, 4) is 0 Å². The van der Waals surface area contributed by atoms with Gasteiger partial charge in [0, 0.05) is 31.5 Å². The Balaban J connectivity index is 1.87. The molecule has 2 saturated heterocycles. The number of aliphatic hydroxyl groups excluding tert-OH is 1. The molecule has 0 aromatic heterocycles. The van der Waals surface area contributed by atoms with Gasteiger partial charge in [-0.2, -0.15) is 0 Å². The number of rotatable bonds is 3. The minimum Gasteiger partial charge on any atom is -0.394 e. The van der Waals surface area contributed by atoms with Crippen LogP contribution in [-0.4, -0.2) is 59.0 Å². The van der Waals surface area contributed by atoms with Crippen molar-refractivity contribution in [3.63, 3.8) is 0 Å². The van der Waals surface area contributed by atoms with Gasteiger partial charge < -0.3 is 14.9 Å². The maximum absolute atomic E-state index is 12.5. The monoisotopic (exact) mass is 282 g/mol. The lowest BCUT2D eigenvalue weighted by atomic mass is 9.94. The highest BCUT2D eigenvalue weighted by Gasteiger charge is 2.35. The SMILES string of the molecule is CC(C)C(=O)N1CCC(C(=O)N2CCCC2CO)CC1. The maximum Gasteiger partial charge on any atom is 0.226 e. The fourth-order valence-corrected chi connectivity index (χ4v) is 3.26. The van der Waals surface area contributed by atoms with Gasteiger partial charge in [0.25, 0.3) is 0 Å². The molecule has 0 spiro atoms. The number of carbonyl (C=O) groups excluding carboxylic acids is 2. The van der Waals surface area contributed by atoms with Crippen LogP contribution in [0.4, 0.5) is 0 Å². The van der Waals surface area contributed by atoms with E-state index < -0.39 is 0 Å². The van der Waals surface area contributed by atoms with Crippen LogP contribution in [0.2, 0.25) is 0 Å². The first kappa shape index (κ1) is 15.3. The number of likely N-dealkylation sites (tertiary alicyclic amines) is 2. The Morgan fingerprint density at radius 1 is 1.15 bits per heavy atom. The van der Waals surface area contributed by atoms with E-state index >= 15 is 0 Å². The third kappa shape index (κ3) is 3.14. The van der Waals surface area contributed by atoms with E-state index in [4.69, 9.17) is 0 Å². The molecule has 5 heteroatoms. The average Bonchev–Trinajstić information content (AvgIpc) is 2.94. The first-order valence-corrected chi connectivity index (χ1v) is 7.74. The van der Waals surface area contributed by atoms with Crippen LogP contribution in [0.1, 0.15) is 39.5 Å². The van der Waals surface area contributed by atoms with Crippen LogP contribution in [-0.2, 0) is 9.59 Å². The highest BCUT2D eigenvalue weighted by atomic mass is 16.3. The molecule has 114 valence electrons. The summed E-state index contributed by atoms with van der Waals surface area (Å²) in [4.78, 5) is 28.1. The number of hydrogen-bond acceptors (Lipinski definition) is 3. The summed E-state index contributed by atoms with van der Waals surface area (Å²) >= 11 is 0. The Morgan fingerprint density at radius 2 is 1.80 bits per heavy atom. The maximum atomic E-state index is 12.5. The van der Waals surface area contributed by atoms with Crippen molar-refractivity contribution in [2.75, 3.05) is 26.2 Å². The summed E-state index contributed by atoms with van der Waals surface area (Å²) in [6.07, 6.45) is 3.41. The molecule has 2 fully saturated rings. The van der Waals surface area contributed by atoms with E-state index in [9.17, 15) is 14.7 Å². The van der Waals surface area contributed by atoms with Gasteiger partial charge in [0.15, 0.2) is 0 Å². The summed E-state index contributed by atoms with van der Waals surface area (Å²) in [5, 5.41) is 9.31. The number of aliphatic hydroxyl groups is 1. The van der Waals surface area contributed by atoms with E-state index in [-0.39, 0.29) is 36.3 Å². The molecule has 2 rings (SSSR count). The quantitative estimate of drug-likeness (QED) is 0.835. The van der Waals surface area contributed by atoms with Gasteiger partial charge in [-0.3, -0.25) is 9.59 Å². The van der Waals surface area contributed by atoms with Crippen LogP contribution in [0.15, 0.2) is 0 Å². The Labute approximate surface area is 120 Å². The molecule has 0 aromatic rings. The number of hydrogen-bond donors (Lipinski definition) is 1. The largest absolute Gasteiger partial charge is 0.394 e. The zero-order chi connectivity index (χ0) is 14.7. The molecule has 2 aliphatic heterocycles. The summed E-state index contributed by atoms with van der Waals surface area (Å²) in [7, 11) is 0. The van der Waals surface area contributed by atoms with E-state index in [1.807, 2.05) is 23.6 Å². The van der Waals surface area contributed by atoms with E-state index in [1.54, 1.807) is 0 Å². The molecule has 1 unspecified atom stereocenters. The second kappa shape index (κ2) is 6.57. The zero-order valence-corrected chi connectivity index (χ0v) is 12.5. The van der Waals surface area contributed by atoms with Gasteiger partial charge in [0.2, 0.25) is 11.8 Å². The summed E-state index contributed by atoms with van der Waals surface area (Å²) < 4.78 is 0. The predicted molar refractivity (Wildman–Crippen MR) is 76.0 cm³/mol. The van der Waals surface area contributed by atoms with Crippen LogP contribution in [0, 0.1) is 11.8 Å². The lowest BCUT2D eigenvalue weighted by Crippen LogP contribution is -2.47. The van der Waals surface area contributed by atoms with Gasteiger partial charge >= 0.3 is 0 Å². The third-order valence-electron chi connectivity index (χ3n) is 4.52. The molecule has 2 amide bonds. The van der Waals surface area contributed by atoms with E-state index in [1.165, 1.54) is 0 Å². The van der Waals surface area contributed by atoms with Gasteiger partial charge in [-0.1, -0.05) is 13.8 Å². The lowest BCUT2D eigenvalue weighted by Gasteiger charge is -2.35. The minimum absolute atomic E-state index is 0.0119. The average molecular weight is 282 g/mol. The van der Waals surface area contributed by atoms with Crippen LogP contribution in [0.5, 0.6) is 0 Å². The highest BCUT2D eigenvalue weighted by Crippen LogP contribution is 2.25. The van der Waals surface area contributed by atoms with Gasteiger partial charge in [-0.25, -0.2) is 0 Å². The van der Waals surface area contributed by atoms with Crippen LogP contribution in [0.25, 0.3) is 0 Å². The second-order valence-corrected chi connectivity index (χ2v) is 6.26. The van der Waals surface area contributed by atoms with Crippen molar-refractivity contribution >= 4 is 11.8 Å². The molecule has 5 nitrogen and oxygen atoms in total. The lowest BCUT2D eigenvalue weighted by molar-refractivity contribution is -0.143. The van der Waals surface area contributed by atoms with Crippen molar-refractivity contribution in [2.45, 2.75) is 45.6 Å². The smallest absolute Gasteiger partial charge is 0.226 e. The van der Waals surface area contributed by atoms with Crippen molar-refractivity contribution in [1.29, 1.82) is 0 Å². The first-order valence-electron chi connectivity index (χ1n) is 7.74. The van der Waals surface area contributed by atoms with Gasteiger partial charge in [0.05, 0.1) is 12.6 Å². The van der Waals surface area contributed by atoms with E-state index in [0.717, 1.165) is 32.2 Å². The summed E-state index contributed by atoms with van der Waals surface area (Å²) in [5.74, 6) is 0.418. The van der Waals surface area contributed by atoms with Crippen LogP contribution in [0.3, 0.4) is 0 Å². The van der Waals surface area contributed by atoms with Gasteiger partial charge in [0.1, 0.15) is 0 Å². The number of amides is 2. The normalized spacial score (nSPS) is 24.5. The highest BCUT2D eigenvalue weighted by molar-refractivity contribution is 5.81. The molecule has 0 radical (unpaired) electrons. The van der Waals surface area contributed by atoms with Gasteiger partial charge in [-0.15, -0.1) is 0 Å². The third-order valence-corrected chi connectivity index (χ3v) is 4.52. The standard InChI is InChI=1S/C15H26N2O3/c1-11(2)14(19)16-8-5-12(6-9-16)15(20)17-7-3-4-13(17)10-18/h11-13,18H,3-10H2,1-2H3. The van der Waals surface area contributed by atoms with Crippen molar-refractivity contribution < 1.29 is 14.7 Å². The predicted octanol–water partition coefficient (Wildman–Crippen LogP) is 0.864. The molecule has 2 aliphatic rings. The molecular formula is C15H26N2O3. The molecule has 0 aromatic carbocycles. The van der Waals surface area contributed by atoms with Crippen molar-refractivity contribution in [3.05, 3.63) is 0 Å². The Morgan fingerprint density at radius 3 is 2.35 bits per heavy atom. The second-order valence-electron chi connectivity index (χ2n) is 6.26. The minimum atomic E-state index is 0.0119. The Kier molecular flexibility index (Phi) is 5.02. The molecule has 1 N–H and O–H groups in total. The van der Waals surface area contributed by atoms with Crippen LogP contribution < -0.4 is 0 Å². The summed E-state index contributed by atoms with van der Waals surface area (Å²) in [5.41, 5.74) is 0. The molecule has 1 atom stereocenters. The molecule has 20 heavy (non-hydrogen) atoms. The first-order chi connectivity index (χ1) is 9.54. The van der Waals surface area contributed by atoms with Gasteiger partial charge in [-0.05, 0) is 25.7 Å². The Bertz CT molecular complexity index is 362. The molecular weight excluding hydrogens is 256 g/mol. The summed E-state index contributed by atoms with van der Waals surface area (Å²) in [6, 6.07) is 0.0119. The molecule has 0 aliphatic carbocycles. The number of piperidine rings is 1. The molecule has 2 heterocycles. The Hall–Kier alpha value is -1.10. The van der Waals surface area contributed by atoms with Crippen LogP contribution >= 0.6 is 0 Å².